The number of halogens is 5. The molecule has 0 aromatic carbocycles. The zero-order valence-electron chi connectivity index (χ0n) is 3.60. The van der Waals surface area contributed by atoms with Crippen molar-refractivity contribution in [2.75, 3.05) is 6.67 Å². The largest absolute Gasteiger partial charge is 1.00 e. The molecule has 0 aliphatic heterocycles. The van der Waals surface area contributed by atoms with Crippen molar-refractivity contribution in [3.05, 3.63) is 11.9 Å². The van der Waals surface area contributed by atoms with Crippen molar-refractivity contribution in [1.82, 2.24) is 0 Å². The van der Waals surface area contributed by atoms with E-state index in [4.69, 9.17) is 0 Å². The molecule has 0 heterocycles. The SMILES string of the molecule is FCC(F)=C(F)F.[F-]. The fourth-order valence-electron chi connectivity index (χ4n) is 0.0505. The zero-order chi connectivity index (χ0) is 5.86. The Bertz CT molecular complexity index is 81.7. The first-order valence-electron chi connectivity index (χ1n) is 1.44. The van der Waals surface area contributed by atoms with Crippen LogP contribution in [0.3, 0.4) is 0 Å². The monoisotopic (exact) mass is 133 g/mol. The molecule has 0 rings (SSSR count). The maximum absolute atomic E-state index is 11.0. The average molecular weight is 133 g/mol. The molecule has 0 saturated heterocycles. The first-order chi connectivity index (χ1) is 3.18. The zero-order valence-corrected chi connectivity index (χ0v) is 3.60. The first kappa shape index (κ1) is 10.4. The summed E-state index contributed by atoms with van der Waals surface area (Å²) < 4.78 is 43.1. The molecular formula is C3H2F5-. The molecule has 0 saturated carbocycles. The summed E-state index contributed by atoms with van der Waals surface area (Å²) in [4.78, 5) is 0. The fraction of sp³-hybridized carbons (Fsp3) is 0.333. The third kappa shape index (κ3) is 3.58. The van der Waals surface area contributed by atoms with E-state index in [1.165, 1.54) is 0 Å². The lowest BCUT2D eigenvalue weighted by Gasteiger charge is -1.79. The maximum atomic E-state index is 11.0. The van der Waals surface area contributed by atoms with Crippen LogP contribution < -0.4 is 4.70 Å². The first-order valence-corrected chi connectivity index (χ1v) is 1.44. The van der Waals surface area contributed by atoms with Gasteiger partial charge in [-0.2, -0.15) is 8.78 Å². The van der Waals surface area contributed by atoms with Crippen LogP contribution in [-0.2, 0) is 0 Å². The standard InChI is InChI=1S/C3H2F4.FH/c4-1-2(5)3(6)7;/h1H2;1H/p-1. The second kappa shape index (κ2) is 4.55. The summed E-state index contributed by atoms with van der Waals surface area (Å²) >= 11 is 0. The van der Waals surface area contributed by atoms with E-state index in [0.29, 0.717) is 0 Å². The van der Waals surface area contributed by atoms with Gasteiger partial charge in [-0.3, -0.25) is 0 Å². The molecule has 0 N–H and O–H groups in total. The van der Waals surface area contributed by atoms with E-state index >= 15 is 0 Å². The fourth-order valence-corrected chi connectivity index (χ4v) is 0.0505. The van der Waals surface area contributed by atoms with Crippen molar-refractivity contribution >= 4 is 0 Å². The molecule has 0 radical (unpaired) electrons. The molecule has 0 aliphatic carbocycles. The number of hydrogen-bond donors (Lipinski definition) is 0. The number of alkyl halides is 1. The summed E-state index contributed by atoms with van der Waals surface area (Å²) in [5, 5.41) is 0. The van der Waals surface area contributed by atoms with Crippen molar-refractivity contribution in [2.24, 2.45) is 0 Å². The molecule has 50 valence electrons. The van der Waals surface area contributed by atoms with Crippen LogP contribution in [0.1, 0.15) is 0 Å². The van der Waals surface area contributed by atoms with E-state index in [0.717, 1.165) is 0 Å². The molecule has 0 spiro atoms. The van der Waals surface area contributed by atoms with Crippen molar-refractivity contribution in [1.29, 1.82) is 0 Å². The topological polar surface area (TPSA) is 0 Å². The predicted molar refractivity (Wildman–Crippen MR) is 16.3 cm³/mol. The molecule has 0 aliphatic rings. The van der Waals surface area contributed by atoms with E-state index in [1.54, 1.807) is 0 Å². The Morgan fingerprint density at radius 1 is 1.12 bits per heavy atom. The van der Waals surface area contributed by atoms with Crippen LogP contribution in [0.4, 0.5) is 17.6 Å². The van der Waals surface area contributed by atoms with Crippen LogP contribution in [0.15, 0.2) is 11.9 Å². The molecule has 0 bridgehead atoms. The van der Waals surface area contributed by atoms with Crippen LogP contribution in [-0.4, -0.2) is 6.67 Å². The summed E-state index contributed by atoms with van der Waals surface area (Å²) in [5.41, 5.74) is 0. The highest BCUT2D eigenvalue weighted by molar-refractivity contribution is 4.90. The Hall–Kier alpha value is -0.610. The van der Waals surface area contributed by atoms with Crippen molar-refractivity contribution in [3.8, 4) is 0 Å². The van der Waals surface area contributed by atoms with Crippen molar-refractivity contribution in [3.63, 3.8) is 0 Å². The van der Waals surface area contributed by atoms with Crippen LogP contribution in [0.5, 0.6) is 0 Å². The molecule has 0 aromatic heterocycles. The van der Waals surface area contributed by atoms with Crippen LogP contribution in [0.2, 0.25) is 0 Å². The molecule has 5 heteroatoms. The second-order valence-corrected chi connectivity index (χ2v) is 0.799. The van der Waals surface area contributed by atoms with E-state index in [-0.39, 0.29) is 4.70 Å². The van der Waals surface area contributed by atoms with E-state index < -0.39 is 18.6 Å². The molecule has 8 heavy (non-hydrogen) atoms. The smallest absolute Gasteiger partial charge is 0.304 e. The highest BCUT2D eigenvalue weighted by Gasteiger charge is 2.00. The Labute approximate surface area is 42.2 Å². The lowest BCUT2D eigenvalue weighted by Crippen LogP contribution is -3.00. The van der Waals surface area contributed by atoms with Gasteiger partial charge in [-0.05, 0) is 0 Å². The van der Waals surface area contributed by atoms with Gasteiger partial charge in [0, 0.05) is 0 Å². The molecule has 0 aromatic rings. The summed E-state index contributed by atoms with van der Waals surface area (Å²) in [7, 11) is 0. The highest BCUT2D eigenvalue weighted by Crippen LogP contribution is 2.07. The Morgan fingerprint density at radius 2 is 1.50 bits per heavy atom. The quantitative estimate of drug-likeness (QED) is 0.404. The van der Waals surface area contributed by atoms with Gasteiger partial charge in [-0.25, -0.2) is 8.78 Å². The summed E-state index contributed by atoms with van der Waals surface area (Å²) in [5.74, 6) is -1.99. The van der Waals surface area contributed by atoms with Crippen molar-refractivity contribution in [2.45, 2.75) is 0 Å². The molecular weight excluding hydrogens is 131 g/mol. The van der Waals surface area contributed by atoms with Gasteiger partial charge in [0.25, 0.3) is 0 Å². The number of hydrogen-bond acceptors (Lipinski definition) is 0. The Balaban J connectivity index is 0. The normalized spacial score (nSPS) is 7.50. The van der Waals surface area contributed by atoms with Gasteiger partial charge in [-0.1, -0.05) is 0 Å². The lowest BCUT2D eigenvalue weighted by molar-refractivity contribution is -0.00000406. The molecule has 0 unspecified atom stereocenters. The molecule has 0 atom stereocenters. The summed E-state index contributed by atoms with van der Waals surface area (Å²) in [6.45, 7) is -1.72. The highest BCUT2D eigenvalue weighted by atomic mass is 19.3. The number of allylic oxidation sites excluding steroid dienone is 1. The minimum absolute atomic E-state index is 0. The Kier molecular flexibility index (Phi) is 5.90. The Morgan fingerprint density at radius 3 is 1.50 bits per heavy atom. The van der Waals surface area contributed by atoms with Crippen LogP contribution in [0.25, 0.3) is 0 Å². The third-order valence-electron chi connectivity index (χ3n) is 0.322. The minimum Gasteiger partial charge on any atom is -1.00 e. The predicted octanol–water partition coefficient (Wildman–Crippen LogP) is -0.962. The molecule has 0 fully saturated rings. The van der Waals surface area contributed by atoms with Gasteiger partial charge in [0.05, 0.1) is 0 Å². The second-order valence-electron chi connectivity index (χ2n) is 0.799. The van der Waals surface area contributed by atoms with Crippen molar-refractivity contribution < 1.29 is 22.3 Å². The summed E-state index contributed by atoms with van der Waals surface area (Å²) in [6.07, 6.45) is -2.58. The summed E-state index contributed by atoms with van der Waals surface area (Å²) in [6, 6.07) is 0. The van der Waals surface area contributed by atoms with E-state index in [1.807, 2.05) is 0 Å². The third-order valence-corrected chi connectivity index (χ3v) is 0.322. The van der Waals surface area contributed by atoms with Gasteiger partial charge < -0.3 is 4.70 Å². The lowest BCUT2D eigenvalue weighted by atomic mass is 10.6. The van der Waals surface area contributed by atoms with Crippen LogP contribution >= 0.6 is 0 Å². The van der Waals surface area contributed by atoms with Gasteiger partial charge in [0.15, 0.2) is 5.83 Å². The van der Waals surface area contributed by atoms with Gasteiger partial charge >= 0.3 is 6.08 Å². The van der Waals surface area contributed by atoms with Gasteiger partial charge in [-0.15, -0.1) is 0 Å². The average Bonchev–Trinajstić information content (AvgIpc) is 1.65. The van der Waals surface area contributed by atoms with Gasteiger partial charge in [0.1, 0.15) is 6.67 Å². The maximum Gasteiger partial charge on any atom is 0.304 e. The van der Waals surface area contributed by atoms with E-state index in [2.05, 4.69) is 0 Å². The van der Waals surface area contributed by atoms with E-state index in [9.17, 15) is 17.6 Å². The molecule has 0 amide bonds. The van der Waals surface area contributed by atoms with Gasteiger partial charge in [0.2, 0.25) is 0 Å². The minimum atomic E-state index is -2.58. The van der Waals surface area contributed by atoms with Crippen LogP contribution in [0, 0.1) is 0 Å². The number of rotatable bonds is 1. The molecule has 0 nitrogen and oxygen atoms in total.